The van der Waals surface area contributed by atoms with Gasteiger partial charge in [0.15, 0.2) is 12.9 Å². The standard InChI is InChI=1S/C22H28N4O11/c1-11(28)23-18-20(31)19(30)16(8-27)37-22(18)36-9-12-7-26(25-24-12)13-4-5-14(21(32)34-3)15(6-13)35-10-17(29)33-2/h4-7,16,18-20,22,27,30-31H,8-10H2,1-3H3,(H,23,28)/t16-,18-,19+,20+,22-/m0/s1. The molecule has 4 N–H and O–H groups in total. The molecule has 1 aliphatic rings. The zero-order valence-electron chi connectivity index (χ0n) is 20.3. The van der Waals surface area contributed by atoms with Gasteiger partial charge in [-0.3, -0.25) is 4.79 Å². The molecule has 0 unspecified atom stereocenters. The largest absolute Gasteiger partial charge is 0.481 e. The number of amides is 1. The lowest BCUT2D eigenvalue weighted by Crippen LogP contribution is -2.64. The minimum atomic E-state index is -1.45. The van der Waals surface area contributed by atoms with Crippen molar-refractivity contribution in [2.45, 2.75) is 44.2 Å². The highest BCUT2D eigenvalue weighted by Crippen LogP contribution is 2.25. The number of methoxy groups -OCH3 is 2. The maximum atomic E-state index is 12.1. The summed E-state index contributed by atoms with van der Waals surface area (Å²) in [5, 5.41) is 40.4. The summed E-state index contributed by atoms with van der Waals surface area (Å²) in [6.07, 6.45) is -3.72. The van der Waals surface area contributed by atoms with Crippen LogP contribution in [0.1, 0.15) is 23.0 Å². The number of aliphatic hydroxyl groups is 3. The van der Waals surface area contributed by atoms with Crippen LogP contribution >= 0.6 is 0 Å². The smallest absolute Gasteiger partial charge is 0.343 e. The van der Waals surface area contributed by atoms with Crippen LogP contribution in [0.5, 0.6) is 5.75 Å². The summed E-state index contributed by atoms with van der Waals surface area (Å²) in [5.41, 5.74) is 0.826. The van der Waals surface area contributed by atoms with Crippen LogP contribution in [0, 0.1) is 0 Å². The van der Waals surface area contributed by atoms with Gasteiger partial charge in [-0.1, -0.05) is 5.21 Å². The monoisotopic (exact) mass is 524 g/mol. The maximum absolute atomic E-state index is 12.1. The average molecular weight is 524 g/mol. The molecule has 3 rings (SSSR count). The van der Waals surface area contributed by atoms with Crippen molar-refractivity contribution in [2.24, 2.45) is 0 Å². The SMILES string of the molecule is COC(=O)COc1cc(-n2cc(CO[C@H]3O[C@@H](CO)[C@@H](O)[C@H](O)[C@@H]3NC(C)=O)nn2)ccc1C(=O)OC. The Kier molecular flexibility index (Phi) is 9.48. The molecule has 37 heavy (non-hydrogen) atoms. The van der Waals surface area contributed by atoms with Crippen molar-refractivity contribution in [3.63, 3.8) is 0 Å². The summed E-state index contributed by atoms with van der Waals surface area (Å²) in [4.78, 5) is 35.1. The van der Waals surface area contributed by atoms with Crippen molar-refractivity contribution in [3.8, 4) is 11.4 Å². The Balaban J connectivity index is 1.76. The lowest BCUT2D eigenvalue weighted by molar-refractivity contribution is -0.273. The van der Waals surface area contributed by atoms with Crippen LogP contribution < -0.4 is 10.1 Å². The molecule has 0 spiro atoms. The number of nitrogens with one attached hydrogen (secondary N) is 1. The molecule has 0 bridgehead atoms. The highest BCUT2D eigenvalue weighted by atomic mass is 16.7. The Morgan fingerprint density at radius 3 is 2.57 bits per heavy atom. The molecule has 0 aliphatic carbocycles. The van der Waals surface area contributed by atoms with Crippen molar-refractivity contribution in [1.82, 2.24) is 20.3 Å². The van der Waals surface area contributed by atoms with E-state index in [-0.39, 0.29) is 17.9 Å². The molecule has 1 fully saturated rings. The summed E-state index contributed by atoms with van der Waals surface area (Å²) in [6, 6.07) is 3.33. The Morgan fingerprint density at radius 2 is 1.92 bits per heavy atom. The second-order valence-corrected chi connectivity index (χ2v) is 7.94. The van der Waals surface area contributed by atoms with Gasteiger partial charge in [-0.05, 0) is 12.1 Å². The van der Waals surface area contributed by atoms with Crippen LogP contribution in [0.15, 0.2) is 24.4 Å². The van der Waals surface area contributed by atoms with E-state index in [4.69, 9.17) is 18.9 Å². The number of rotatable bonds is 10. The highest BCUT2D eigenvalue weighted by Gasteiger charge is 2.45. The number of esters is 2. The molecule has 1 aliphatic heterocycles. The zero-order valence-corrected chi connectivity index (χ0v) is 20.3. The van der Waals surface area contributed by atoms with Crippen LogP contribution in [-0.2, 0) is 35.1 Å². The quantitative estimate of drug-likeness (QED) is 0.251. The van der Waals surface area contributed by atoms with Crippen molar-refractivity contribution in [1.29, 1.82) is 0 Å². The second kappa shape index (κ2) is 12.6. The first-order valence-electron chi connectivity index (χ1n) is 11.0. The highest BCUT2D eigenvalue weighted by molar-refractivity contribution is 5.93. The third kappa shape index (κ3) is 6.78. The molecule has 2 aromatic rings. The van der Waals surface area contributed by atoms with Gasteiger partial charge in [-0.25, -0.2) is 14.3 Å². The molecule has 15 heteroatoms. The zero-order chi connectivity index (χ0) is 27.1. The molecule has 1 aromatic carbocycles. The number of benzene rings is 1. The molecule has 0 saturated carbocycles. The van der Waals surface area contributed by atoms with E-state index in [1.807, 2.05) is 0 Å². The van der Waals surface area contributed by atoms with Crippen molar-refractivity contribution >= 4 is 17.8 Å². The number of hydrogen-bond acceptors (Lipinski definition) is 13. The molecule has 202 valence electrons. The number of nitrogens with zero attached hydrogens (tertiary/aromatic N) is 3. The topological polar surface area (TPSA) is 201 Å². The lowest BCUT2D eigenvalue weighted by Gasteiger charge is -2.42. The molecule has 1 amide bonds. The number of aromatic nitrogens is 3. The first-order valence-corrected chi connectivity index (χ1v) is 11.0. The van der Waals surface area contributed by atoms with E-state index in [0.29, 0.717) is 11.4 Å². The summed E-state index contributed by atoms with van der Waals surface area (Å²) < 4.78 is 27.2. The van der Waals surface area contributed by atoms with Crippen molar-refractivity contribution in [2.75, 3.05) is 27.4 Å². The Hall–Kier alpha value is -3.63. The Labute approximate surface area is 210 Å². The van der Waals surface area contributed by atoms with E-state index in [0.717, 1.165) is 0 Å². The summed E-state index contributed by atoms with van der Waals surface area (Å²) in [5.74, 6) is -1.75. The average Bonchev–Trinajstić information content (AvgIpc) is 3.37. The Morgan fingerprint density at radius 1 is 1.16 bits per heavy atom. The van der Waals surface area contributed by atoms with Gasteiger partial charge in [0.2, 0.25) is 5.91 Å². The Bertz CT molecular complexity index is 1110. The third-order valence-electron chi connectivity index (χ3n) is 5.40. The van der Waals surface area contributed by atoms with Crippen LogP contribution in [0.4, 0.5) is 0 Å². The number of aliphatic hydroxyl groups excluding tert-OH is 3. The van der Waals surface area contributed by atoms with Gasteiger partial charge in [-0.15, -0.1) is 5.10 Å². The predicted molar refractivity (Wildman–Crippen MR) is 120 cm³/mol. The van der Waals surface area contributed by atoms with Crippen LogP contribution in [0.25, 0.3) is 5.69 Å². The fourth-order valence-corrected chi connectivity index (χ4v) is 3.52. The fourth-order valence-electron chi connectivity index (χ4n) is 3.52. The van der Waals surface area contributed by atoms with Gasteiger partial charge in [0, 0.05) is 13.0 Å². The van der Waals surface area contributed by atoms with E-state index in [1.54, 1.807) is 6.07 Å². The molecule has 0 radical (unpaired) electrons. The van der Waals surface area contributed by atoms with Crippen LogP contribution in [0.3, 0.4) is 0 Å². The maximum Gasteiger partial charge on any atom is 0.343 e. The first-order chi connectivity index (χ1) is 17.7. The van der Waals surface area contributed by atoms with Gasteiger partial charge >= 0.3 is 11.9 Å². The van der Waals surface area contributed by atoms with E-state index in [1.165, 1.54) is 44.2 Å². The van der Waals surface area contributed by atoms with Crippen molar-refractivity contribution < 1.29 is 53.4 Å². The molecule has 1 saturated heterocycles. The van der Waals surface area contributed by atoms with Gasteiger partial charge in [0.05, 0.1) is 39.3 Å². The number of hydrogen-bond donors (Lipinski definition) is 4. The van der Waals surface area contributed by atoms with E-state index < -0.39 is 61.7 Å². The van der Waals surface area contributed by atoms with E-state index in [9.17, 15) is 29.7 Å². The van der Waals surface area contributed by atoms with E-state index in [2.05, 4.69) is 20.4 Å². The third-order valence-corrected chi connectivity index (χ3v) is 5.40. The predicted octanol–water partition coefficient (Wildman–Crippen LogP) is -1.93. The molecule has 1 aromatic heterocycles. The number of carbonyl (C=O) groups excluding carboxylic acids is 3. The molecule has 2 heterocycles. The van der Waals surface area contributed by atoms with E-state index >= 15 is 0 Å². The number of carbonyl (C=O) groups is 3. The first kappa shape index (κ1) is 27.9. The van der Waals surface area contributed by atoms with Gasteiger partial charge in [0.25, 0.3) is 0 Å². The molecular weight excluding hydrogens is 496 g/mol. The van der Waals surface area contributed by atoms with Gasteiger partial charge in [0.1, 0.15) is 41.4 Å². The van der Waals surface area contributed by atoms with Crippen molar-refractivity contribution in [3.05, 3.63) is 35.7 Å². The minimum Gasteiger partial charge on any atom is -0.481 e. The van der Waals surface area contributed by atoms with Gasteiger partial charge in [-0.2, -0.15) is 0 Å². The fraction of sp³-hybridized carbons (Fsp3) is 0.500. The molecule has 15 nitrogen and oxygen atoms in total. The molecular formula is C22H28N4O11. The lowest BCUT2D eigenvalue weighted by atomic mass is 9.97. The summed E-state index contributed by atoms with van der Waals surface area (Å²) in [7, 11) is 2.41. The second-order valence-electron chi connectivity index (χ2n) is 7.94. The minimum absolute atomic E-state index is 0.0550. The summed E-state index contributed by atoms with van der Waals surface area (Å²) in [6.45, 7) is 0.0395. The van der Waals surface area contributed by atoms with Crippen LogP contribution in [0.2, 0.25) is 0 Å². The van der Waals surface area contributed by atoms with Gasteiger partial charge < -0.3 is 44.3 Å². The number of ether oxygens (including phenoxy) is 5. The summed E-state index contributed by atoms with van der Waals surface area (Å²) >= 11 is 0. The molecule has 5 atom stereocenters. The van der Waals surface area contributed by atoms with Crippen LogP contribution in [-0.4, -0.2) is 106 Å². The normalized spacial score (nSPS) is 23.2.